The van der Waals surface area contributed by atoms with E-state index in [4.69, 9.17) is 11.6 Å². The molecule has 1 saturated heterocycles. The maximum atomic E-state index is 5.89. The Bertz CT molecular complexity index is 366. The fourth-order valence-electron chi connectivity index (χ4n) is 2.46. The van der Waals surface area contributed by atoms with Crippen molar-refractivity contribution in [1.29, 1.82) is 0 Å². The first-order valence-corrected chi connectivity index (χ1v) is 6.86. The maximum absolute atomic E-state index is 5.89. The molecule has 100 valence electrons. The molecule has 0 aliphatic carbocycles. The summed E-state index contributed by atoms with van der Waals surface area (Å²) >= 11 is 5.89. The van der Waals surface area contributed by atoms with Crippen molar-refractivity contribution in [3.05, 3.63) is 34.9 Å². The predicted octanol–water partition coefficient (Wildman–Crippen LogP) is 1.68. The van der Waals surface area contributed by atoms with Gasteiger partial charge in [0.15, 0.2) is 0 Å². The molecule has 1 aliphatic heterocycles. The molecular formula is C14H22ClN3. The first-order valence-electron chi connectivity index (χ1n) is 6.48. The van der Waals surface area contributed by atoms with E-state index in [1.165, 1.54) is 5.56 Å². The highest BCUT2D eigenvalue weighted by Crippen LogP contribution is 2.11. The lowest BCUT2D eigenvalue weighted by Gasteiger charge is -2.33. The van der Waals surface area contributed by atoms with Crippen LogP contribution in [0.2, 0.25) is 5.02 Å². The van der Waals surface area contributed by atoms with Gasteiger partial charge >= 0.3 is 0 Å². The second-order valence-electron chi connectivity index (χ2n) is 5.24. The van der Waals surface area contributed by atoms with Gasteiger partial charge in [-0.25, -0.2) is 0 Å². The molecule has 1 N–H and O–H groups in total. The monoisotopic (exact) mass is 267 g/mol. The molecule has 3 nitrogen and oxygen atoms in total. The molecule has 1 aliphatic rings. The maximum Gasteiger partial charge on any atom is 0.0406 e. The summed E-state index contributed by atoms with van der Waals surface area (Å²) in [5.74, 6) is 0. The van der Waals surface area contributed by atoms with Gasteiger partial charge in [-0.2, -0.15) is 0 Å². The van der Waals surface area contributed by atoms with E-state index >= 15 is 0 Å². The van der Waals surface area contributed by atoms with Crippen LogP contribution in [0.5, 0.6) is 0 Å². The summed E-state index contributed by atoms with van der Waals surface area (Å²) < 4.78 is 0. The third-order valence-corrected chi connectivity index (χ3v) is 3.61. The molecule has 0 bridgehead atoms. The van der Waals surface area contributed by atoms with Gasteiger partial charge in [-0.3, -0.25) is 0 Å². The van der Waals surface area contributed by atoms with Crippen molar-refractivity contribution in [3.8, 4) is 0 Å². The zero-order valence-corrected chi connectivity index (χ0v) is 12.0. The minimum atomic E-state index is 0.570. The number of hydrogen-bond acceptors (Lipinski definition) is 3. The summed E-state index contributed by atoms with van der Waals surface area (Å²) in [5.41, 5.74) is 1.31. The molecule has 1 aromatic carbocycles. The largest absolute Gasteiger partial charge is 0.310 e. The summed E-state index contributed by atoms with van der Waals surface area (Å²) in [6.07, 6.45) is 0. The quantitative estimate of drug-likeness (QED) is 0.896. The highest BCUT2D eigenvalue weighted by atomic mass is 35.5. The Kier molecular flexibility index (Phi) is 5.01. The first kappa shape index (κ1) is 13.8. The van der Waals surface area contributed by atoms with Crippen LogP contribution >= 0.6 is 11.6 Å². The fourth-order valence-corrected chi connectivity index (χ4v) is 2.58. The molecule has 1 atom stereocenters. The van der Waals surface area contributed by atoms with Gasteiger partial charge in [0.25, 0.3) is 0 Å². The van der Waals surface area contributed by atoms with Gasteiger partial charge in [0.2, 0.25) is 0 Å². The Morgan fingerprint density at radius 2 is 2.11 bits per heavy atom. The van der Waals surface area contributed by atoms with Crippen molar-refractivity contribution < 1.29 is 0 Å². The second kappa shape index (κ2) is 6.53. The van der Waals surface area contributed by atoms with Crippen LogP contribution in [-0.2, 0) is 6.54 Å². The van der Waals surface area contributed by atoms with Gasteiger partial charge in [0.1, 0.15) is 0 Å². The topological polar surface area (TPSA) is 18.5 Å². The number of likely N-dealkylation sites (N-methyl/N-ethyl adjacent to an activating group) is 2. The smallest absolute Gasteiger partial charge is 0.0406 e. The molecule has 1 aromatic rings. The summed E-state index contributed by atoms with van der Waals surface area (Å²) in [5, 5.41) is 4.37. The van der Waals surface area contributed by atoms with E-state index in [0.717, 1.165) is 37.7 Å². The van der Waals surface area contributed by atoms with Crippen molar-refractivity contribution in [1.82, 2.24) is 15.1 Å². The average molecular weight is 268 g/mol. The molecule has 18 heavy (non-hydrogen) atoms. The summed E-state index contributed by atoms with van der Waals surface area (Å²) in [4.78, 5) is 4.75. The standard InChI is InChI=1S/C14H22ClN3/c1-17-8-7-16-14(10-17)11-18(2)9-12-3-5-13(15)6-4-12/h3-6,14,16H,7-11H2,1-2H3. The lowest BCUT2D eigenvalue weighted by atomic mass is 10.2. The highest BCUT2D eigenvalue weighted by molar-refractivity contribution is 6.30. The summed E-state index contributed by atoms with van der Waals surface area (Å²) in [6.45, 7) is 5.42. The van der Waals surface area contributed by atoms with Crippen LogP contribution < -0.4 is 5.32 Å². The van der Waals surface area contributed by atoms with Crippen molar-refractivity contribution in [2.45, 2.75) is 12.6 Å². The molecule has 0 saturated carbocycles. The van der Waals surface area contributed by atoms with E-state index in [1.54, 1.807) is 0 Å². The Balaban J connectivity index is 1.81. The van der Waals surface area contributed by atoms with Gasteiger partial charge in [-0.1, -0.05) is 23.7 Å². The lowest BCUT2D eigenvalue weighted by Crippen LogP contribution is -2.53. The van der Waals surface area contributed by atoms with Crippen LogP contribution in [0.15, 0.2) is 24.3 Å². The molecule has 1 unspecified atom stereocenters. The zero-order chi connectivity index (χ0) is 13.0. The van der Waals surface area contributed by atoms with Crippen LogP contribution in [0, 0.1) is 0 Å². The van der Waals surface area contributed by atoms with Crippen LogP contribution in [0.4, 0.5) is 0 Å². The Morgan fingerprint density at radius 1 is 1.39 bits per heavy atom. The number of halogens is 1. The molecule has 1 heterocycles. The molecule has 0 spiro atoms. The third kappa shape index (κ3) is 4.25. The highest BCUT2D eigenvalue weighted by Gasteiger charge is 2.17. The molecule has 4 heteroatoms. The zero-order valence-electron chi connectivity index (χ0n) is 11.2. The van der Waals surface area contributed by atoms with E-state index in [1.807, 2.05) is 12.1 Å². The van der Waals surface area contributed by atoms with Gasteiger partial charge < -0.3 is 15.1 Å². The van der Waals surface area contributed by atoms with Crippen molar-refractivity contribution in [3.63, 3.8) is 0 Å². The minimum Gasteiger partial charge on any atom is -0.310 e. The summed E-state index contributed by atoms with van der Waals surface area (Å²) in [7, 11) is 4.36. The minimum absolute atomic E-state index is 0.570. The number of nitrogens with zero attached hydrogens (tertiary/aromatic N) is 2. The van der Waals surface area contributed by atoms with Crippen molar-refractivity contribution in [2.75, 3.05) is 40.3 Å². The molecule has 2 rings (SSSR count). The number of piperazine rings is 1. The Labute approximate surface area is 115 Å². The van der Waals surface area contributed by atoms with Crippen LogP contribution in [-0.4, -0.2) is 56.1 Å². The molecule has 0 aromatic heterocycles. The number of hydrogen-bond donors (Lipinski definition) is 1. The normalized spacial score (nSPS) is 21.4. The number of nitrogens with one attached hydrogen (secondary N) is 1. The molecular weight excluding hydrogens is 246 g/mol. The van der Waals surface area contributed by atoms with Crippen LogP contribution in [0.25, 0.3) is 0 Å². The first-order chi connectivity index (χ1) is 8.63. The number of benzene rings is 1. The van der Waals surface area contributed by atoms with E-state index in [-0.39, 0.29) is 0 Å². The number of rotatable bonds is 4. The van der Waals surface area contributed by atoms with Crippen molar-refractivity contribution >= 4 is 11.6 Å². The second-order valence-corrected chi connectivity index (χ2v) is 5.67. The van der Waals surface area contributed by atoms with Gasteiger partial charge in [-0.05, 0) is 31.8 Å². The van der Waals surface area contributed by atoms with E-state index in [9.17, 15) is 0 Å². The Morgan fingerprint density at radius 3 is 2.78 bits per heavy atom. The third-order valence-electron chi connectivity index (χ3n) is 3.36. The molecule has 0 radical (unpaired) electrons. The average Bonchev–Trinajstić information content (AvgIpc) is 2.32. The van der Waals surface area contributed by atoms with E-state index < -0.39 is 0 Å². The SMILES string of the molecule is CN1CCNC(CN(C)Cc2ccc(Cl)cc2)C1. The molecule has 1 fully saturated rings. The Hall–Kier alpha value is -0.610. The predicted molar refractivity (Wildman–Crippen MR) is 77.1 cm³/mol. The van der Waals surface area contributed by atoms with Crippen LogP contribution in [0.3, 0.4) is 0 Å². The van der Waals surface area contributed by atoms with Crippen LogP contribution in [0.1, 0.15) is 5.56 Å². The summed E-state index contributed by atoms with van der Waals surface area (Å²) in [6, 6.07) is 8.67. The lowest BCUT2D eigenvalue weighted by molar-refractivity contribution is 0.192. The van der Waals surface area contributed by atoms with Gasteiger partial charge in [0.05, 0.1) is 0 Å². The van der Waals surface area contributed by atoms with Crippen molar-refractivity contribution in [2.24, 2.45) is 0 Å². The molecule has 0 amide bonds. The van der Waals surface area contributed by atoms with Gasteiger partial charge in [-0.15, -0.1) is 0 Å². The van der Waals surface area contributed by atoms with E-state index in [0.29, 0.717) is 6.04 Å². The van der Waals surface area contributed by atoms with E-state index in [2.05, 4.69) is 41.3 Å². The fraction of sp³-hybridized carbons (Fsp3) is 0.571. The van der Waals surface area contributed by atoms with Gasteiger partial charge in [0, 0.05) is 43.8 Å².